The molecule has 0 radical (unpaired) electrons. The van der Waals surface area contributed by atoms with Crippen LogP contribution in [0.25, 0.3) is 0 Å². The van der Waals surface area contributed by atoms with Gasteiger partial charge in [-0.1, -0.05) is 13.3 Å². The van der Waals surface area contributed by atoms with Crippen molar-refractivity contribution in [3.63, 3.8) is 0 Å². The van der Waals surface area contributed by atoms with Crippen LogP contribution in [0.2, 0.25) is 0 Å². The van der Waals surface area contributed by atoms with E-state index in [-0.39, 0.29) is 17.8 Å². The quantitative estimate of drug-likeness (QED) is 0.419. The predicted molar refractivity (Wildman–Crippen MR) is 107 cm³/mol. The molecule has 8 nitrogen and oxygen atoms in total. The normalized spacial score (nSPS) is 20.0. The maximum Gasteiger partial charge on any atom is 0.338 e. The fraction of sp³-hybridized carbons (Fsp3) is 0.524. The van der Waals surface area contributed by atoms with E-state index in [0.29, 0.717) is 23.4 Å². The summed E-state index contributed by atoms with van der Waals surface area (Å²) in [6.07, 6.45) is 5.44. The van der Waals surface area contributed by atoms with Gasteiger partial charge in [0.05, 0.1) is 16.5 Å². The Labute approximate surface area is 170 Å². The summed E-state index contributed by atoms with van der Waals surface area (Å²) in [7, 11) is 0. The van der Waals surface area contributed by atoms with Crippen molar-refractivity contribution in [3.05, 3.63) is 51.2 Å². The van der Waals surface area contributed by atoms with E-state index in [4.69, 9.17) is 4.74 Å². The van der Waals surface area contributed by atoms with Crippen LogP contribution in [-0.4, -0.2) is 34.5 Å². The number of nitrogens with zero attached hydrogens (tertiary/aromatic N) is 2. The largest absolute Gasteiger partial charge is 0.459 e. The minimum Gasteiger partial charge on any atom is -0.459 e. The third kappa shape index (κ3) is 4.58. The molecule has 3 rings (SSSR count). The zero-order valence-electron chi connectivity index (χ0n) is 16.8. The fourth-order valence-corrected chi connectivity index (χ4v) is 3.89. The summed E-state index contributed by atoms with van der Waals surface area (Å²) in [5, 5.41) is 13.8. The van der Waals surface area contributed by atoms with E-state index < -0.39 is 16.9 Å². The Kier molecular flexibility index (Phi) is 6.51. The molecule has 8 heteroatoms. The fourth-order valence-electron chi connectivity index (χ4n) is 3.89. The van der Waals surface area contributed by atoms with Crippen LogP contribution < -0.4 is 5.32 Å². The van der Waals surface area contributed by atoms with Crippen molar-refractivity contribution in [1.29, 1.82) is 0 Å². The van der Waals surface area contributed by atoms with E-state index in [1.807, 2.05) is 6.92 Å². The minimum atomic E-state index is -0.699. The summed E-state index contributed by atoms with van der Waals surface area (Å²) in [5.74, 6) is -0.431. The molecule has 1 saturated carbocycles. The Morgan fingerprint density at radius 3 is 2.52 bits per heavy atom. The van der Waals surface area contributed by atoms with Crippen molar-refractivity contribution < 1.29 is 19.2 Å². The van der Waals surface area contributed by atoms with Crippen molar-refractivity contribution in [2.45, 2.75) is 64.5 Å². The number of unbranched alkanes of at least 4 members (excludes halogenated alkanes) is 1. The van der Waals surface area contributed by atoms with Gasteiger partial charge in [-0.2, -0.15) is 0 Å². The van der Waals surface area contributed by atoms with Crippen molar-refractivity contribution >= 4 is 17.7 Å². The van der Waals surface area contributed by atoms with Crippen molar-refractivity contribution in [1.82, 2.24) is 10.2 Å². The summed E-state index contributed by atoms with van der Waals surface area (Å²) in [6, 6.07) is 4.91. The smallest absolute Gasteiger partial charge is 0.338 e. The number of allylic oxidation sites excluding steroid dienone is 1. The Balaban J connectivity index is 1.95. The highest BCUT2D eigenvalue weighted by Crippen LogP contribution is 2.33. The number of ether oxygens (including phenoxy) is 1. The molecule has 2 aliphatic rings. The Bertz CT molecular complexity index is 812. The maximum atomic E-state index is 13.1. The SMILES string of the molecule is CCCCN1C(=O)NC(c2ccc([N+](=O)[O-])cc2)C(C(=O)OC2CCCC2)=C1C. The summed E-state index contributed by atoms with van der Waals surface area (Å²) in [5.41, 5.74) is 1.53. The predicted octanol–water partition coefficient (Wildman–Crippen LogP) is 4.22. The molecule has 0 saturated heterocycles. The Hall–Kier alpha value is -2.90. The zero-order chi connectivity index (χ0) is 21.0. The number of non-ortho nitro benzene ring substituents is 1. The molecule has 0 bridgehead atoms. The zero-order valence-corrected chi connectivity index (χ0v) is 16.8. The van der Waals surface area contributed by atoms with Gasteiger partial charge in [0.15, 0.2) is 0 Å². The summed E-state index contributed by atoms with van der Waals surface area (Å²) in [6.45, 7) is 4.31. The van der Waals surface area contributed by atoms with Crippen molar-refractivity contribution in [2.24, 2.45) is 0 Å². The van der Waals surface area contributed by atoms with Gasteiger partial charge < -0.3 is 10.1 Å². The standard InChI is InChI=1S/C21H27N3O5/c1-3-4-13-23-14(2)18(20(25)29-17-7-5-6-8-17)19(22-21(23)26)15-9-11-16(12-10-15)24(27)28/h9-12,17,19H,3-8,13H2,1-2H3,(H,22,26). The number of carbonyl (C=O) groups is 2. The van der Waals surface area contributed by atoms with E-state index in [9.17, 15) is 19.7 Å². The van der Waals surface area contributed by atoms with Gasteiger partial charge >= 0.3 is 12.0 Å². The van der Waals surface area contributed by atoms with Gasteiger partial charge in [-0.15, -0.1) is 0 Å². The van der Waals surface area contributed by atoms with Gasteiger partial charge in [0.25, 0.3) is 5.69 Å². The Morgan fingerprint density at radius 1 is 1.28 bits per heavy atom. The topological polar surface area (TPSA) is 102 Å². The van der Waals surface area contributed by atoms with Gasteiger partial charge in [-0.3, -0.25) is 15.0 Å². The summed E-state index contributed by atoms with van der Waals surface area (Å²) in [4.78, 5) is 37.8. The number of hydrogen-bond donors (Lipinski definition) is 1. The molecule has 1 unspecified atom stereocenters. The minimum absolute atomic E-state index is 0.0451. The maximum absolute atomic E-state index is 13.1. The first-order valence-corrected chi connectivity index (χ1v) is 10.2. The summed E-state index contributed by atoms with van der Waals surface area (Å²) < 4.78 is 5.74. The van der Waals surface area contributed by atoms with Gasteiger partial charge in [-0.25, -0.2) is 9.59 Å². The monoisotopic (exact) mass is 401 g/mol. The molecular formula is C21H27N3O5. The van der Waals surface area contributed by atoms with E-state index >= 15 is 0 Å². The third-order valence-corrected chi connectivity index (χ3v) is 5.56. The highest BCUT2D eigenvalue weighted by molar-refractivity contribution is 5.95. The second-order valence-electron chi connectivity index (χ2n) is 7.55. The van der Waals surface area contributed by atoms with E-state index in [1.54, 1.807) is 24.0 Å². The van der Waals surface area contributed by atoms with Crippen LogP contribution in [-0.2, 0) is 9.53 Å². The first kappa shape index (κ1) is 20.8. The average Bonchev–Trinajstić information content (AvgIpc) is 3.20. The van der Waals surface area contributed by atoms with Crippen LogP contribution in [0.5, 0.6) is 0 Å². The van der Waals surface area contributed by atoms with Crippen LogP contribution in [0, 0.1) is 10.1 Å². The van der Waals surface area contributed by atoms with Gasteiger partial charge in [0.1, 0.15) is 6.10 Å². The molecule has 156 valence electrons. The molecule has 1 aliphatic heterocycles. The number of rotatable bonds is 7. The van der Waals surface area contributed by atoms with E-state index in [0.717, 1.165) is 38.5 Å². The molecule has 2 amide bonds. The molecule has 29 heavy (non-hydrogen) atoms. The molecular weight excluding hydrogens is 374 g/mol. The van der Waals surface area contributed by atoms with E-state index in [2.05, 4.69) is 5.32 Å². The lowest BCUT2D eigenvalue weighted by Gasteiger charge is -2.35. The first-order chi connectivity index (χ1) is 13.9. The first-order valence-electron chi connectivity index (χ1n) is 10.2. The number of nitrogens with one attached hydrogen (secondary N) is 1. The van der Waals surface area contributed by atoms with Crippen LogP contribution in [0.1, 0.15) is 64.0 Å². The number of nitro benzene ring substituents is 1. The van der Waals surface area contributed by atoms with Crippen molar-refractivity contribution in [3.8, 4) is 0 Å². The third-order valence-electron chi connectivity index (χ3n) is 5.56. The van der Waals surface area contributed by atoms with Crippen LogP contribution in [0.3, 0.4) is 0 Å². The molecule has 1 heterocycles. The lowest BCUT2D eigenvalue weighted by molar-refractivity contribution is -0.384. The number of carbonyl (C=O) groups excluding carboxylic acids is 2. The molecule has 1 N–H and O–H groups in total. The van der Waals surface area contributed by atoms with Crippen LogP contribution >= 0.6 is 0 Å². The van der Waals surface area contributed by atoms with Gasteiger partial charge in [0, 0.05) is 24.4 Å². The highest BCUT2D eigenvalue weighted by atomic mass is 16.6. The molecule has 1 aromatic carbocycles. The van der Waals surface area contributed by atoms with Crippen LogP contribution in [0.15, 0.2) is 35.5 Å². The van der Waals surface area contributed by atoms with E-state index in [1.165, 1.54) is 12.1 Å². The van der Waals surface area contributed by atoms with Crippen molar-refractivity contribution in [2.75, 3.05) is 6.54 Å². The lowest BCUT2D eigenvalue weighted by Crippen LogP contribution is -2.48. The van der Waals surface area contributed by atoms with Gasteiger partial charge in [0.2, 0.25) is 0 Å². The molecule has 0 spiro atoms. The highest BCUT2D eigenvalue weighted by Gasteiger charge is 2.37. The molecule has 0 aromatic heterocycles. The number of benzene rings is 1. The molecule has 1 aromatic rings. The van der Waals surface area contributed by atoms with Gasteiger partial charge in [-0.05, 0) is 56.7 Å². The molecule has 1 fully saturated rings. The number of esters is 1. The number of nitro groups is 1. The average molecular weight is 401 g/mol. The number of hydrogen-bond acceptors (Lipinski definition) is 5. The molecule has 1 aliphatic carbocycles. The lowest BCUT2D eigenvalue weighted by atomic mass is 9.94. The molecule has 1 atom stereocenters. The number of urea groups is 1. The second-order valence-corrected chi connectivity index (χ2v) is 7.55. The van der Waals surface area contributed by atoms with Crippen LogP contribution in [0.4, 0.5) is 10.5 Å². The summed E-state index contributed by atoms with van der Waals surface area (Å²) >= 11 is 0. The second kappa shape index (κ2) is 9.07. The number of amides is 2. The Morgan fingerprint density at radius 2 is 1.93 bits per heavy atom.